The van der Waals surface area contributed by atoms with E-state index in [0.717, 1.165) is 18.4 Å². The molecule has 1 N–H and O–H groups in total. The quantitative estimate of drug-likeness (QED) is 0.271. The summed E-state index contributed by atoms with van der Waals surface area (Å²) in [5, 5.41) is 11.1. The Morgan fingerprint density at radius 3 is 2.47 bits per heavy atom. The predicted molar refractivity (Wildman–Crippen MR) is 119 cm³/mol. The van der Waals surface area contributed by atoms with Gasteiger partial charge in [-0.1, -0.05) is 25.5 Å². The van der Waals surface area contributed by atoms with Crippen LogP contribution in [0.5, 0.6) is 5.75 Å². The van der Waals surface area contributed by atoms with Crippen molar-refractivity contribution in [2.75, 3.05) is 26.9 Å². The standard InChI is InChI=1S/C25H28FNO5/c1-4-5-13-32-20-11-8-18(15-16(20)2)23(28)21-22(17-6-9-19(26)10-7-17)27(12-14-31-3)25(30)24(21)29/h6-11,15,22,28H,4-5,12-14H2,1-3H3. The van der Waals surface area contributed by atoms with E-state index in [1.54, 1.807) is 18.2 Å². The number of ketones is 1. The zero-order valence-corrected chi connectivity index (χ0v) is 18.6. The normalized spacial score (nSPS) is 17.8. The average Bonchev–Trinajstić information content (AvgIpc) is 3.03. The fraction of sp³-hybridized carbons (Fsp3) is 0.360. The minimum absolute atomic E-state index is 0.0308. The highest BCUT2D eigenvalue weighted by molar-refractivity contribution is 6.46. The number of carbonyl (C=O) groups is 2. The molecule has 1 aliphatic heterocycles. The lowest BCUT2D eigenvalue weighted by Gasteiger charge is -2.25. The number of carbonyl (C=O) groups excluding carboxylic acids is 2. The summed E-state index contributed by atoms with van der Waals surface area (Å²) < 4.78 is 24.3. The van der Waals surface area contributed by atoms with Crippen molar-refractivity contribution >= 4 is 17.4 Å². The molecule has 1 amide bonds. The van der Waals surface area contributed by atoms with Gasteiger partial charge in [0.1, 0.15) is 17.3 Å². The first-order valence-electron chi connectivity index (χ1n) is 10.7. The molecule has 1 saturated heterocycles. The second-order valence-electron chi connectivity index (χ2n) is 7.72. The first-order chi connectivity index (χ1) is 15.4. The van der Waals surface area contributed by atoms with Gasteiger partial charge in [-0.15, -0.1) is 0 Å². The van der Waals surface area contributed by atoms with Gasteiger partial charge in [-0.05, 0) is 54.8 Å². The van der Waals surface area contributed by atoms with Gasteiger partial charge in [0, 0.05) is 19.2 Å². The van der Waals surface area contributed by atoms with E-state index in [4.69, 9.17) is 9.47 Å². The number of aliphatic hydroxyl groups excluding tert-OH is 1. The summed E-state index contributed by atoms with van der Waals surface area (Å²) >= 11 is 0. The minimum Gasteiger partial charge on any atom is -0.507 e. The topological polar surface area (TPSA) is 76.1 Å². The van der Waals surface area contributed by atoms with E-state index in [1.807, 2.05) is 6.92 Å². The molecule has 0 bridgehead atoms. The smallest absolute Gasteiger partial charge is 0.295 e. The van der Waals surface area contributed by atoms with Crippen LogP contribution in [0.4, 0.5) is 4.39 Å². The van der Waals surface area contributed by atoms with Gasteiger partial charge in [-0.3, -0.25) is 9.59 Å². The van der Waals surface area contributed by atoms with Crippen LogP contribution in [-0.2, 0) is 14.3 Å². The number of aliphatic hydroxyl groups is 1. The highest BCUT2D eigenvalue weighted by Gasteiger charge is 2.45. The van der Waals surface area contributed by atoms with Crippen molar-refractivity contribution < 1.29 is 28.6 Å². The maximum atomic E-state index is 13.5. The molecule has 170 valence electrons. The van der Waals surface area contributed by atoms with Gasteiger partial charge in [-0.2, -0.15) is 0 Å². The van der Waals surface area contributed by atoms with Gasteiger partial charge in [0.15, 0.2) is 0 Å². The van der Waals surface area contributed by atoms with Crippen molar-refractivity contribution in [2.24, 2.45) is 0 Å². The van der Waals surface area contributed by atoms with Crippen molar-refractivity contribution in [2.45, 2.75) is 32.7 Å². The lowest BCUT2D eigenvalue weighted by molar-refractivity contribution is -0.140. The number of hydrogen-bond acceptors (Lipinski definition) is 5. The van der Waals surface area contributed by atoms with E-state index >= 15 is 0 Å². The van der Waals surface area contributed by atoms with Crippen molar-refractivity contribution in [3.63, 3.8) is 0 Å². The van der Waals surface area contributed by atoms with E-state index in [-0.39, 0.29) is 24.5 Å². The summed E-state index contributed by atoms with van der Waals surface area (Å²) in [6, 6.07) is 9.83. The Morgan fingerprint density at radius 1 is 1.12 bits per heavy atom. The molecule has 1 atom stereocenters. The van der Waals surface area contributed by atoms with Gasteiger partial charge in [0.25, 0.3) is 11.7 Å². The molecule has 0 radical (unpaired) electrons. The average molecular weight is 441 g/mol. The first-order valence-corrected chi connectivity index (χ1v) is 10.7. The van der Waals surface area contributed by atoms with Gasteiger partial charge in [0.05, 0.1) is 24.8 Å². The number of nitrogens with zero attached hydrogens (tertiary/aromatic N) is 1. The molecule has 0 aliphatic carbocycles. The third kappa shape index (κ3) is 4.83. The molecule has 6 nitrogen and oxygen atoms in total. The lowest BCUT2D eigenvalue weighted by atomic mass is 9.94. The number of ether oxygens (including phenoxy) is 2. The number of hydrogen-bond donors (Lipinski definition) is 1. The molecule has 3 rings (SSSR count). The van der Waals surface area contributed by atoms with Crippen molar-refractivity contribution in [3.05, 3.63) is 70.5 Å². The fourth-order valence-corrected chi connectivity index (χ4v) is 3.73. The summed E-state index contributed by atoms with van der Waals surface area (Å²) in [5.74, 6) is -1.52. The van der Waals surface area contributed by atoms with Crippen molar-refractivity contribution in [3.8, 4) is 5.75 Å². The van der Waals surface area contributed by atoms with Crippen LogP contribution in [0.2, 0.25) is 0 Å². The highest BCUT2D eigenvalue weighted by Crippen LogP contribution is 2.39. The Labute approximate surface area is 187 Å². The van der Waals surface area contributed by atoms with Crippen LogP contribution in [0.1, 0.15) is 42.5 Å². The molecule has 0 spiro atoms. The zero-order chi connectivity index (χ0) is 23.3. The Morgan fingerprint density at radius 2 is 1.84 bits per heavy atom. The van der Waals surface area contributed by atoms with Crippen LogP contribution >= 0.6 is 0 Å². The van der Waals surface area contributed by atoms with Crippen LogP contribution < -0.4 is 4.74 Å². The Balaban J connectivity index is 2.04. The number of amides is 1. The molecular formula is C25H28FNO5. The van der Waals surface area contributed by atoms with Crippen LogP contribution in [0.25, 0.3) is 5.76 Å². The van der Waals surface area contributed by atoms with Crippen LogP contribution in [0.3, 0.4) is 0 Å². The predicted octanol–water partition coefficient (Wildman–Crippen LogP) is 4.38. The molecule has 0 saturated carbocycles. The Hall–Kier alpha value is -3.19. The Kier molecular flexibility index (Phi) is 7.64. The molecule has 2 aromatic carbocycles. The fourth-order valence-electron chi connectivity index (χ4n) is 3.73. The molecule has 1 unspecified atom stereocenters. The monoisotopic (exact) mass is 441 g/mol. The van der Waals surface area contributed by atoms with Crippen molar-refractivity contribution in [1.82, 2.24) is 4.90 Å². The van der Waals surface area contributed by atoms with Gasteiger partial charge in [-0.25, -0.2) is 4.39 Å². The summed E-state index contributed by atoms with van der Waals surface area (Å²) in [6.45, 7) is 4.90. The highest BCUT2D eigenvalue weighted by atomic mass is 19.1. The van der Waals surface area contributed by atoms with E-state index in [1.165, 1.54) is 36.3 Å². The number of halogens is 1. The molecule has 1 fully saturated rings. The van der Waals surface area contributed by atoms with Crippen LogP contribution in [0, 0.1) is 12.7 Å². The maximum Gasteiger partial charge on any atom is 0.295 e. The summed E-state index contributed by atoms with van der Waals surface area (Å²) in [5.41, 5.74) is 1.70. The van der Waals surface area contributed by atoms with Crippen molar-refractivity contribution in [1.29, 1.82) is 0 Å². The SMILES string of the molecule is CCCCOc1ccc(C(O)=C2C(=O)C(=O)N(CCOC)C2c2ccc(F)cc2)cc1C. The second-order valence-corrected chi connectivity index (χ2v) is 7.72. The molecule has 7 heteroatoms. The Bertz CT molecular complexity index is 1020. The second kappa shape index (κ2) is 10.4. The zero-order valence-electron chi connectivity index (χ0n) is 18.6. The number of methoxy groups -OCH3 is 1. The minimum atomic E-state index is -0.841. The molecule has 32 heavy (non-hydrogen) atoms. The number of likely N-dealkylation sites (tertiary alicyclic amines) is 1. The van der Waals surface area contributed by atoms with Crippen LogP contribution in [-0.4, -0.2) is 48.6 Å². The number of unbranched alkanes of at least 4 members (excludes halogenated alkanes) is 1. The first kappa shape index (κ1) is 23.5. The number of rotatable bonds is 9. The van der Waals surface area contributed by atoms with E-state index in [0.29, 0.717) is 23.5 Å². The van der Waals surface area contributed by atoms with E-state index in [9.17, 15) is 19.1 Å². The maximum absolute atomic E-state index is 13.5. The summed E-state index contributed by atoms with van der Waals surface area (Å²) in [4.78, 5) is 27.0. The third-order valence-corrected chi connectivity index (χ3v) is 5.47. The van der Waals surface area contributed by atoms with E-state index < -0.39 is 23.5 Å². The molecule has 0 aromatic heterocycles. The summed E-state index contributed by atoms with van der Waals surface area (Å²) in [6.07, 6.45) is 1.95. The number of aryl methyl sites for hydroxylation is 1. The van der Waals surface area contributed by atoms with Crippen LogP contribution in [0.15, 0.2) is 48.0 Å². The lowest BCUT2D eigenvalue weighted by Crippen LogP contribution is -2.32. The molecule has 2 aromatic rings. The third-order valence-electron chi connectivity index (χ3n) is 5.47. The number of benzene rings is 2. The molecule has 1 aliphatic rings. The molecular weight excluding hydrogens is 413 g/mol. The van der Waals surface area contributed by atoms with Gasteiger partial charge in [0.2, 0.25) is 0 Å². The summed E-state index contributed by atoms with van der Waals surface area (Å²) in [7, 11) is 1.50. The molecule has 1 heterocycles. The van der Waals surface area contributed by atoms with Gasteiger partial charge >= 0.3 is 0 Å². The number of Topliss-reactive ketones (excluding diaryl/α,β-unsaturated/α-hetero) is 1. The largest absolute Gasteiger partial charge is 0.507 e. The van der Waals surface area contributed by atoms with Gasteiger partial charge < -0.3 is 19.5 Å². The van der Waals surface area contributed by atoms with E-state index in [2.05, 4.69) is 6.92 Å².